The number of aryl methyl sites for hydroxylation is 1. The zero-order chi connectivity index (χ0) is 17.5. The lowest BCUT2D eigenvalue weighted by Gasteiger charge is -2.37. The van der Waals surface area contributed by atoms with Crippen molar-refractivity contribution in [1.29, 1.82) is 0 Å². The minimum Gasteiger partial charge on any atom is -0.391 e. The van der Waals surface area contributed by atoms with Crippen molar-refractivity contribution in [1.82, 2.24) is 15.5 Å². The number of likely N-dealkylation sites (tertiary alicyclic amines) is 1. The maximum Gasteiger partial charge on any atom is 0.315 e. The molecule has 1 aromatic carbocycles. The fourth-order valence-corrected chi connectivity index (χ4v) is 2.98. The molecular formula is C18H27N3O3. The average Bonchev–Trinajstić information content (AvgIpc) is 2.59. The molecule has 1 saturated heterocycles. The second-order valence-corrected chi connectivity index (χ2v) is 6.41. The summed E-state index contributed by atoms with van der Waals surface area (Å²) < 4.78 is 0. The van der Waals surface area contributed by atoms with Crippen molar-refractivity contribution < 1.29 is 14.7 Å². The molecule has 132 valence electrons. The Morgan fingerprint density at radius 1 is 1.25 bits per heavy atom. The number of hydrogen-bond donors (Lipinski definition) is 3. The van der Waals surface area contributed by atoms with Gasteiger partial charge in [-0.15, -0.1) is 0 Å². The van der Waals surface area contributed by atoms with Crippen molar-refractivity contribution in [3.05, 3.63) is 35.4 Å². The van der Waals surface area contributed by atoms with Gasteiger partial charge in [-0.05, 0) is 38.7 Å². The number of amides is 3. The Balaban J connectivity index is 1.76. The van der Waals surface area contributed by atoms with Crippen LogP contribution in [-0.4, -0.2) is 47.2 Å². The highest BCUT2D eigenvalue weighted by molar-refractivity contribution is 5.84. The summed E-state index contributed by atoms with van der Waals surface area (Å²) in [6, 6.07) is 7.39. The molecule has 6 nitrogen and oxygen atoms in total. The quantitative estimate of drug-likeness (QED) is 0.765. The Morgan fingerprint density at radius 3 is 2.62 bits per heavy atom. The highest BCUT2D eigenvalue weighted by Crippen LogP contribution is 2.19. The van der Waals surface area contributed by atoms with E-state index in [0.717, 1.165) is 24.8 Å². The SMILES string of the molecule is Cc1ccc(CNC(=O)NCC(=O)N2CCCC[C@@H]2[C@@H](C)O)cc1. The lowest BCUT2D eigenvalue weighted by Crippen LogP contribution is -2.52. The van der Waals surface area contributed by atoms with E-state index in [9.17, 15) is 14.7 Å². The van der Waals surface area contributed by atoms with Gasteiger partial charge in [0, 0.05) is 13.1 Å². The summed E-state index contributed by atoms with van der Waals surface area (Å²) in [5.74, 6) is -0.147. The zero-order valence-corrected chi connectivity index (χ0v) is 14.4. The largest absolute Gasteiger partial charge is 0.391 e. The van der Waals surface area contributed by atoms with Crippen LogP contribution in [0, 0.1) is 6.92 Å². The highest BCUT2D eigenvalue weighted by Gasteiger charge is 2.29. The third-order valence-electron chi connectivity index (χ3n) is 4.40. The molecule has 0 aromatic heterocycles. The van der Waals surface area contributed by atoms with Gasteiger partial charge < -0.3 is 20.6 Å². The molecule has 6 heteroatoms. The molecule has 3 amide bonds. The Labute approximate surface area is 143 Å². The maximum atomic E-state index is 12.3. The fourth-order valence-electron chi connectivity index (χ4n) is 2.98. The van der Waals surface area contributed by atoms with Crippen LogP contribution in [0.4, 0.5) is 4.79 Å². The molecule has 0 spiro atoms. The van der Waals surface area contributed by atoms with Gasteiger partial charge in [0.1, 0.15) is 0 Å². The molecule has 3 N–H and O–H groups in total. The molecule has 2 atom stereocenters. The molecule has 24 heavy (non-hydrogen) atoms. The molecule has 1 fully saturated rings. The molecule has 1 aromatic rings. The summed E-state index contributed by atoms with van der Waals surface area (Å²) in [6.07, 6.45) is 2.21. The van der Waals surface area contributed by atoms with E-state index in [2.05, 4.69) is 10.6 Å². The Morgan fingerprint density at radius 2 is 1.96 bits per heavy atom. The van der Waals surface area contributed by atoms with Crippen LogP contribution < -0.4 is 10.6 Å². The smallest absolute Gasteiger partial charge is 0.315 e. The van der Waals surface area contributed by atoms with Gasteiger partial charge >= 0.3 is 6.03 Å². The minimum atomic E-state index is -0.551. The average molecular weight is 333 g/mol. The number of urea groups is 1. The summed E-state index contributed by atoms with van der Waals surface area (Å²) in [5, 5.41) is 15.1. The fraction of sp³-hybridized carbons (Fsp3) is 0.556. The van der Waals surface area contributed by atoms with Gasteiger partial charge in [-0.2, -0.15) is 0 Å². The van der Waals surface area contributed by atoms with E-state index in [-0.39, 0.29) is 24.5 Å². The van der Waals surface area contributed by atoms with Crippen LogP contribution in [0.1, 0.15) is 37.3 Å². The predicted octanol–water partition coefficient (Wildman–Crippen LogP) is 1.56. The first-order valence-corrected chi connectivity index (χ1v) is 8.52. The van der Waals surface area contributed by atoms with Gasteiger partial charge in [0.15, 0.2) is 0 Å². The summed E-state index contributed by atoms with van der Waals surface area (Å²) in [4.78, 5) is 25.8. The first kappa shape index (κ1) is 18.3. The number of benzene rings is 1. The van der Waals surface area contributed by atoms with Crippen molar-refractivity contribution >= 4 is 11.9 Å². The van der Waals surface area contributed by atoms with Crippen molar-refractivity contribution in [2.75, 3.05) is 13.1 Å². The van der Waals surface area contributed by atoms with Crippen molar-refractivity contribution in [2.45, 2.75) is 51.8 Å². The van der Waals surface area contributed by atoms with Gasteiger partial charge in [0.2, 0.25) is 5.91 Å². The maximum absolute atomic E-state index is 12.3. The number of carbonyl (C=O) groups excluding carboxylic acids is 2. The highest BCUT2D eigenvalue weighted by atomic mass is 16.3. The molecule has 2 rings (SSSR count). The standard InChI is InChI=1S/C18H27N3O3/c1-13-6-8-15(9-7-13)11-19-18(24)20-12-17(23)21-10-4-3-5-16(21)14(2)22/h6-9,14,16,22H,3-5,10-12H2,1-2H3,(H2,19,20,24)/t14-,16-/m1/s1. The molecule has 0 unspecified atom stereocenters. The number of nitrogens with one attached hydrogen (secondary N) is 2. The van der Waals surface area contributed by atoms with E-state index in [1.54, 1.807) is 11.8 Å². The Hall–Kier alpha value is -2.08. The molecule has 1 aliphatic rings. The Bertz CT molecular complexity index is 557. The van der Waals surface area contributed by atoms with E-state index in [4.69, 9.17) is 0 Å². The second kappa shape index (κ2) is 8.68. The van der Waals surface area contributed by atoms with E-state index < -0.39 is 6.10 Å². The van der Waals surface area contributed by atoms with Gasteiger partial charge in [0.05, 0.1) is 18.7 Å². The third-order valence-corrected chi connectivity index (χ3v) is 4.40. The monoisotopic (exact) mass is 333 g/mol. The first-order chi connectivity index (χ1) is 11.5. The van der Waals surface area contributed by atoms with Crippen LogP contribution in [0.5, 0.6) is 0 Å². The number of nitrogens with zero attached hydrogens (tertiary/aromatic N) is 1. The molecule has 1 heterocycles. The topological polar surface area (TPSA) is 81.7 Å². The van der Waals surface area contributed by atoms with Crippen LogP contribution in [0.2, 0.25) is 0 Å². The first-order valence-electron chi connectivity index (χ1n) is 8.52. The van der Waals surface area contributed by atoms with E-state index in [1.807, 2.05) is 31.2 Å². The summed E-state index contributed by atoms with van der Waals surface area (Å²) in [6.45, 7) is 4.72. The minimum absolute atomic E-state index is 0.0526. The number of carbonyl (C=O) groups is 2. The molecule has 0 radical (unpaired) electrons. The van der Waals surface area contributed by atoms with Crippen molar-refractivity contribution in [3.8, 4) is 0 Å². The van der Waals surface area contributed by atoms with E-state index in [1.165, 1.54) is 5.56 Å². The molecular weight excluding hydrogens is 306 g/mol. The van der Waals surface area contributed by atoms with Gasteiger partial charge in [-0.1, -0.05) is 29.8 Å². The van der Waals surface area contributed by atoms with Crippen LogP contribution in [0.3, 0.4) is 0 Å². The summed E-state index contributed by atoms with van der Waals surface area (Å²) in [5.41, 5.74) is 2.18. The lowest BCUT2D eigenvalue weighted by molar-refractivity contribution is -0.136. The lowest BCUT2D eigenvalue weighted by atomic mass is 9.98. The van der Waals surface area contributed by atoms with Crippen LogP contribution in [-0.2, 0) is 11.3 Å². The van der Waals surface area contributed by atoms with Crippen LogP contribution in [0.25, 0.3) is 0 Å². The number of aliphatic hydroxyl groups excluding tert-OH is 1. The van der Waals surface area contributed by atoms with Gasteiger partial charge in [-0.3, -0.25) is 4.79 Å². The van der Waals surface area contributed by atoms with E-state index in [0.29, 0.717) is 13.1 Å². The zero-order valence-electron chi connectivity index (χ0n) is 14.4. The van der Waals surface area contributed by atoms with Crippen LogP contribution >= 0.6 is 0 Å². The Kier molecular flexibility index (Phi) is 6.61. The second-order valence-electron chi connectivity index (χ2n) is 6.41. The van der Waals surface area contributed by atoms with Crippen molar-refractivity contribution in [3.63, 3.8) is 0 Å². The summed E-state index contributed by atoms with van der Waals surface area (Å²) >= 11 is 0. The molecule has 0 aliphatic carbocycles. The van der Waals surface area contributed by atoms with Crippen molar-refractivity contribution in [2.24, 2.45) is 0 Å². The third kappa shape index (κ3) is 5.23. The number of hydrogen-bond acceptors (Lipinski definition) is 3. The number of piperidine rings is 1. The van der Waals surface area contributed by atoms with Gasteiger partial charge in [-0.25, -0.2) is 4.79 Å². The molecule has 0 saturated carbocycles. The molecule has 1 aliphatic heterocycles. The predicted molar refractivity (Wildman–Crippen MR) is 92.5 cm³/mol. The van der Waals surface area contributed by atoms with Crippen LogP contribution in [0.15, 0.2) is 24.3 Å². The number of rotatable bonds is 5. The van der Waals surface area contributed by atoms with E-state index >= 15 is 0 Å². The molecule has 0 bridgehead atoms. The number of aliphatic hydroxyl groups is 1. The normalized spacial score (nSPS) is 18.8. The van der Waals surface area contributed by atoms with Gasteiger partial charge in [0.25, 0.3) is 0 Å². The summed E-state index contributed by atoms with van der Waals surface area (Å²) in [7, 11) is 0.